The summed E-state index contributed by atoms with van der Waals surface area (Å²) in [6.07, 6.45) is 1.40. The van der Waals surface area contributed by atoms with Crippen LogP contribution in [0.5, 0.6) is 11.5 Å². The number of rotatable bonds is 13. The molecule has 0 bridgehead atoms. The zero-order valence-corrected chi connectivity index (χ0v) is 16.6. The maximum absolute atomic E-state index is 11.2. The van der Waals surface area contributed by atoms with Crippen molar-refractivity contribution in [2.75, 3.05) is 27.4 Å². The zero-order valence-electron chi connectivity index (χ0n) is 16.6. The summed E-state index contributed by atoms with van der Waals surface area (Å²) in [6.45, 7) is 5.29. The van der Waals surface area contributed by atoms with Gasteiger partial charge in [0.2, 0.25) is 0 Å². The third-order valence-corrected chi connectivity index (χ3v) is 4.45. The van der Waals surface area contributed by atoms with E-state index < -0.39 is 12.1 Å². The Balaban J connectivity index is 2.85. The Kier molecular flexibility index (Phi) is 10.3. The number of carbonyl (C=O) groups is 2. The molecule has 0 spiro atoms. The maximum atomic E-state index is 11.2. The third kappa shape index (κ3) is 8.30. The van der Waals surface area contributed by atoms with Gasteiger partial charge in [0.05, 0.1) is 19.8 Å². The van der Waals surface area contributed by atoms with Gasteiger partial charge in [-0.1, -0.05) is 19.9 Å². The molecule has 0 radical (unpaired) electrons. The fourth-order valence-electron chi connectivity index (χ4n) is 2.87. The summed E-state index contributed by atoms with van der Waals surface area (Å²) < 4.78 is 16.2. The quantitative estimate of drug-likeness (QED) is 0.403. The van der Waals surface area contributed by atoms with E-state index in [9.17, 15) is 9.59 Å². The summed E-state index contributed by atoms with van der Waals surface area (Å²) in [7, 11) is 3.25. The Hall–Kier alpha value is -2.28. The number of carbonyl (C=O) groups excluding carboxylic acids is 1. The molecule has 0 aliphatic rings. The normalized spacial score (nSPS) is 13.1. The van der Waals surface area contributed by atoms with E-state index in [0.717, 1.165) is 12.0 Å². The molecule has 0 saturated heterocycles. The van der Waals surface area contributed by atoms with Gasteiger partial charge in [-0.15, -0.1) is 0 Å². The number of hydrogen-bond donors (Lipinski definition) is 2. The van der Waals surface area contributed by atoms with Gasteiger partial charge in [0.15, 0.2) is 11.5 Å². The molecule has 7 nitrogen and oxygen atoms in total. The van der Waals surface area contributed by atoms with Gasteiger partial charge in [-0.25, -0.2) is 4.79 Å². The number of carboxylic acid groups (broad SMARTS) is 1. The van der Waals surface area contributed by atoms with Crippen LogP contribution in [0.15, 0.2) is 18.2 Å². The minimum absolute atomic E-state index is 0.141. The van der Waals surface area contributed by atoms with Gasteiger partial charge in [0, 0.05) is 20.1 Å². The maximum Gasteiger partial charge on any atom is 0.405 e. The number of benzene rings is 1. The number of aldehydes is 1. The fourth-order valence-corrected chi connectivity index (χ4v) is 2.87. The average Bonchev–Trinajstić information content (AvgIpc) is 2.63. The van der Waals surface area contributed by atoms with E-state index in [1.165, 1.54) is 0 Å². The number of methoxy groups -OCH3 is 2. The van der Waals surface area contributed by atoms with Crippen molar-refractivity contribution in [3.63, 3.8) is 0 Å². The first kappa shape index (κ1) is 22.8. The van der Waals surface area contributed by atoms with Crippen LogP contribution in [-0.4, -0.2) is 51.0 Å². The van der Waals surface area contributed by atoms with Gasteiger partial charge in [-0.3, -0.25) is 0 Å². The average molecular weight is 381 g/mol. The smallest absolute Gasteiger partial charge is 0.405 e. The molecule has 2 atom stereocenters. The molecule has 0 aromatic heterocycles. The fraction of sp³-hybridized carbons (Fsp3) is 0.600. The van der Waals surface area contributed by atoms with Crippen molar-refractivity contribution in [1.29, 1.82) is 0 Å². The predicted molar refractivity (Wildman–Crippen MR) is 103 cm³/mol. The summed E-state index contributed by atoms with van der Waals surface area (Å²) in [5.41, 5.74) is 1.05. The Morgan fingerprint density at radius 3 is 2.52 bits per heavy atom. The molecule has 0 aliphatic carbocycles. The molecule has 1 amide bonds. The number of ether oxygens (including phenoxy) is 3. The van der Waals surface area contributed by atoms with E-state index in [2.05, 4.69) is 19.2 Å². The molecular formula is C20H31NO6. The van der Waals surface area contributed by atoms with E-state index in [0.29, 0.717) is 43.8 Å². The first-order chi connectivity index (χ1) is 12.9. The number of hydrogen-bond acceptors (Lipinski definition) is 5. The van der Waals surface area contributed by atoms with Crippen molar-refractivity contribution >= 4 is 12.4 Å². The van der Waals surface area contributed by atoms with Crippen LogP contribution in [0.1, 0.15) is 32.3 Å². The topological polar surface area (TPSA) is 94.1 Å². The Morgan fingerprint density at radius 2 is 1.96 bits per heavy atom. The summed E-state index contributed by atoms with van der Waals surface area (Å²) in [5.74, 6) is 1.76. The molecule has 0 aliphatic heterocycles. The first-order valence-electron chi connectivity index (χ1n) is 9.14. The third-order valence-electron chi connectivity index (χ3n) is 4.45. The highest BCUT2D eigenvalue weighted by Gasteiger charge is 2.21. The summed E-state index contributed by atoms with van der Waals surface area (Å²) in [4.78, 5) is 22.0. The van der Waals surface area contributed by atoms with E-state index in [1.807, 2.05) is 18.2 Å². The van der Waals surface area contributed by atoms with Gasteiger partial charge in [0.1, 0.15) is 6.29 Å². The second kappa shape index (κ2) is 12.2. The van der Waals surface area contributed by atoms with Gasteiger partial charge < -0.3 is 29.4 Å². The van der Waals surface area contributed by atoms with Crippen LogP contribution in [-0.2, 0) is 16.0 Å². The standard InChI is InChI=1S/C20H31NO6/c1-14(2)16(12-17(13-22)21-20(23)24)10-15-6-7-18(26-4)19(11-15)27-9-5-8-25-3/h6-7,11,13-14,16-17,21H,5,8-10,12H2,1-4H3,(H,23,24)/t16-,17?/m1/s1. The minimum Gasteiger partial charge on any atom is -0.493 e. The highest BCUT2D eigenvalue weighted by Crippen LogP contribution is 2.31. The molecule has 1 aromatic rings. The molecule has 1 rings (SSSR count). The van der Waals surface area contributed by atoms with Crippen molar-refractivity contribution in [1.82, 2.24) is 5.32 Å². The van der Waals surface area contributed by atoms with Gasteiger partial charge in [0.25, 0.3) is 0 Å². The van der Waals surface area contributed by atoms with E-state index >= 15 is 0 Å². The lowest BCUT2D eigenvalue weighted by atomic mass is 9.84. The van der Waals surface area contributed by atoms with Crippen molar-refractivity contribution in [3.8, 4) is 11.5 Å². The minimum atomic E-state index is -1.19. The lowest BCUT2D eigenvalue weighted by Crippen LogP contribution is -2.37. The van der Waals surface area contributed by atoms with E-state index in [4.69, 9.17) is 19.3 Å². The van der Waals surface area contributed by atoms with Crippen LogP contribution in [0.2, 0.25) is 0 Å². The van der Waals surface area contributed by atoms with Gasteiger partial charge in [-0.05, 0) is 42.4 Å². The summed E-state index contributed by atoms with van der Waals surface area (Å²) in [6, 6.07) is 5.07. The van der Waals surface area contributed by atoms with Crippen LogP contribution in [0.4, 0.5) is 4.79 Å². The monoisotopic (exact) mass is 381 g/mol. The number of amides is 1. The molecule has 7 heteroatoms. The van der Waals surface area contributed by atoms with Gasteiger partial charge in [-0.2, -0.15) is 0 Å². The van der Waals surface area contributed by atoms with Crippen molar-refractivity contribution in [2.24, 2.45) is 11.8 Å². The molecule has 0 fully saturated rings. The molecule has 152 valence electrons. The van der Waals surface area contributed by atoms with Crippen LogP contribution in [0.3, 0.4) is 0 Å². The first-order valence-corrected chi connectivity index (χ1v) is 9.14. The summed E-state index contributed by atoms with van der Waals surface area (Å²) >= 11 is 0. The molecule has 0 heterocycles. The second-order valence-electron chi connectivity index (χ2n) is 6.82. The summed E-state index contributed by atoms with van der Waals surface area (Å²) in [5, 5.41) is 11.1. The van der Waals surface area contributed by atoms with E-state index in [1.54, 1.807) is 14.2 Å². The second-order valence-corrected chi connectivity index (χ2v) is 6.82. The van der Waals surface area contributed by atoms with Gasteiger partial charge >= 0.3 is 6.09 Å². The highest BCUT2D eigenvalue weighted by molar-refractivity contribution is 5.71. The zero-order chi connectivity index (χ0) is 20.2. The molecule has 1 aromatic carbocycles. The lowest BCUT2D eigenvalue weighted by Gasteiger charge is -2.24. The van der Waals surface area contributed by atoms with Crippen molar-refractivity contribution in [3.05, 3.63) is 23.8 Å². The molecule has 2 N–H and O–H groups in total. The highest BCUT2D eigenvalue weighted by atomic mass is 16.5. The molecule has 27 heavy (non-hydrogen) atoms. The van der Waals surface area contributed by atoms with Crippen LogP contribution < -0.4 is 14.8 Å². The molecule has 1 unspecified atom stereocenters. The Labute approximate surface area is 161 Å². The molecule has 0 saturated carbocycles. The number of nitrogens with one attached hydrogen (secondary N) is 1. The SMILES string of the molecule is COCCCOc1cc(C[C@H](CC(C=O)NC(=O)O)C(C)C)ccc1OC. The van der Waals surface area contributed by atoms with E-state index in [-0.39, 0.29) is 11.8 Å². The lowest BCUT2D eigenvalue weighted by molar-refractivity contribution is -0.109. The largest absolute Gasteiger partial charge is 0.493 e. The van der Waals surface area contributed by atoms with Crippen molar-refractivity contribution in [2.45, 2.75) is 39.2 Å². The predicted octanol–water partition coefficient (Wildman–Crippen LogP) is 3.15. The van der Waals surface area contributed by atoms with Crippen LogP contribution >= 0.6 is 0 Å². The molecular weight excluding hydrogens is 350 g/mol. The van der Waals surface area contributed by atoms with Crippen molar-refractivity contribution < 1.29 is 28.9 Å². The van der Waals surface area contributed by atoms with Crippen LogP contribution in [0.25, 0.3) is 0 Å². The van der Waals surface area contributed by atoms with Crippen LogP contribution in [0, 0.1) is 11.8 Å². The Morgan fingerprint density at radius 1 is 1.22 bits per heavy atom. The Bertz CT molecular complexity index is 590.